The van der Waals surface area contributed by atoms with Gasteiger partial charge >= 0.3 is 0 Å². The molecular formula is C19H24ClN3O4. The van der Waals surface area contributed by atoms with Gasteiger partial charge in [-0.2, -0.15) is 0 Å². The fraction of sp³-hybridized carbons (Fsp3) is 0.526. The summed E-state index contributed by atoms with van der Waals surface area (Å²) in [5.41, 5.74) is 1.08. The quantitative estimate of drug-likeness (QED) is 0.754. The molecule has 3 aliphatic heterocycles. The summed E-state index contributed by atoms with van der Waals surface area (Å²) in [6.07, 6.45) is 3.69. The summed E-state index contributed by atoms with van der Waals surface area (Å²) in [6, 6.07) is 4.83. The number of hydrogen-bond acceptors (Lipinski definition) is 5. The minimum Gasteiger partial charge on any atom is -0.376 e. The molecule has 0 spiro atoms. The molecule has 8 heteroatoms. The van der Waals surface area contributed by atoms with Gasteiger partial charge in [0, 0.05) is 24.8 Å². The number of hydrogen-bond donors (Lipinski definition) is 2. The van der Waals surface area contributed by atoms with E-state index in [1.54, 1.807) is 12.1 Å². The van der Waals surface area contributed by atoms with Gasteiger partial charge in [-0.1, -0.05) is 0 Å². The summed E-state index contributed by atoms with van der Waals surface area (Å²) in [6.45, 7) is 2.68. The Morgan fingerprint density at radius 1 is 1.19 bits per heavy atom. The lowest BCUT2D eigenvalue weighted by atomic mass is 10.0. The van der Waals surface area contributed by atoms with E-state index >= 15 is 0 Å². The number of nitrogens with one attached hydrogen (secondary N) is 2. The maximum absolute atomic E-state index is 12.7. The van der Waals surface area contributed by atoms with Crippen molar-refractivity contribution in [3.63, 3.8) is 0 Å². The standard InChI is InChI=1S/C19H23N3O4.ClH/c23-17(21-13-3-1-7-20-10-13)12-5-6-15-16(9-12)19(25)22(18(15)24)11-14-4-2-8-26-14;/h5-6,9,13-14,20H,1-4,7-8,10-11H2,(H,21,23);1H. The smallest absolute Gasteiger partial charge is 0.261 e. The first-order valence-corrected chi connectivity index (χ1v) is 9.27. The Hall–Kier alpha value is -1.96. The van der Waals surface area contributed by atoms with E-state index < -0.39 is 0 Å². The molecule has 1 aromatic rings. The van der Waals surface area contributed by atoms with E-state index in [4.69, 9.17) is 4.74 Å². The second-order valence-corrected chi connectivity index (χ2v) is 7.13. The molecule has 3 heterocycles. The van der Waals surface area contributed by atoms with Crippen LogP contribution in [0, 0.1) is 0 Å². The number of piperidine rings is 1. The number of fused-ring (bicyclic) bond motifs is 1. The van der Waals surface area contributed by atoms with Crippen molar-refractivity contribution in [2.24, 2.45) is 0 Å². The van der Waals surface area contributed by atoms with Crippen LogP contribution < -0.4 is 10.6 Å². The van der Waals surface area contributed by atoms with Crippen LogP contribution in [-0.4, -0.2) is 61.0 Å². The molecule has 0 saturated carbocycles. The molecular weight excluding hydrogens is 370 g/mol. The molecule has 27 heavy (non-hydrogen) atoms. The number of nitrogens with zero attached hydrogens (tertiary/aromatic N) is 1. The second-order valence-electron chi connectivity index (χ2n) is 7.13. The van der Waals surface area contributed by atoms with Crippen molar-refractivity contribution in [1.82, 2.24) is 15.5 Å². The van der Waals surface area contributed by atoms with Gasteiger partial charge in [-0.15, -0.1) is 12.4 Å². The molecule has 1 aromatic carbocycles. The molecule has 0 radical (unpaired) electrons. The minimum atomic E-state index is -0.338. The molecule has 146 valence electrons. The Balaban J connectivity index is 0.00000210. The van der Waals surface area contributed by atoms with Crippen molar-refractivity contribution in [2.75, 3.05) is 26.2 Å². The number of amides is 3. The first kappa shape index (κ1) is 19.8. The third kappa shape index (κ3) is 4.00. The molecule has 3 aliphatic rings. The molecule has 2 fully saturated rings. The van der Waals surface area contributed by atoms with Gasteiger partial charge in [-0.25, -0.2) is 0 Å². The van der Waals surface area contributed by atoms with Crippen LogP contribution in [0.25, 0.3) is 0 Å². The third-order valence-electron chi connectivity index (χ3n) is 5.28. The van der Waals surface area contributed by atoms with Gasteiger partial charge in [0.05, 0.1) is 23.8 Å². The zero-order chi connectivity index (χ0) is 18.1. The lowest BCUT2D eigenvalue weighted by Crippen LogP contribution is -2.45. The fourth-order valence-corrected chi connectivity index (χ4v) is 3.83. The van der Waals surface area contributed by atoms with Gasteiger partial charge in [0.1, 0.15) is 0 Å². The monoisotopic (exact) mass is 393 g/mol. The minimum absolute atomic E-state index is 0. The Bertz CT molecular complexity index is 742. The average Bonchev–Trinajstić information content (AvgIpc) is 3.25. The number of ether oxygens (including phenoxy) is 1. The highest BCUT2D eigenvalue weighted by Crippen LogP contribution is 2.26. The van der Waals surface area contributed by atoms with Crippen molar-refractivity contribution in [3.8, 4) is 0 Å². The van der Waals surface area contributed by atoms with Crippen LogP contribution in [0.3, 0.4) is 0 Å². The summed E-state index contributed by atoms with van der Waals surface area (Å²) in [5, 5.41) is 6.25. The van der Waals surface area contributed by atoms with Crippen molar-refractivity contribution >= 4 is 30.1 Å². The number of benzene rings is 1. The third-order valence-corrected chi connectivity index (χ3v) is 5.28. The molecule has 0 aliphatic carbocycles. The maximum Gasteiger partial charge on any atom is 0.261 e. The van der Waals surface area contributed by atoms with Crippen LogP contribution in [0.4, 0.5) is 0 Å². The zero-order valence-corrected chi connectivity index (χ0v) is 15.8. The number of rotatable bonds is 4. The normalized spacial score (nSPS) is 24.5. The molecule has 7 nitrogen and oxygen atoms in total. The van der Waals surface area contributed by atoms with Crippen LogP contribution in [0.15, 0.2) is 18.2 Å². The summed E-state index contributed by atoms with van der Waals surface area (Å²) in [5.74, 6) is -0.849. The SMILES string of the molecule is Cl.O=C(NC1CCCNC1)c1ccc2c(c1)C(=O)N(CC1CCCO1)C2=O. The second kappa shape index (κ2) is 8.37. The van der Waals surface area contributed by atoms with Crippen LogP contribution >= 0.6 is 12.4 Å². The highest BCUT2D eigenvalue weighted by Gasteiger charge is 2.38. The highest BCUT2D eigenvalue weighted by atomic mass is 35.5. The van der Waals surface area contributed by atoms with E-state index in [0.29, 0.717) is 23.3 Å². The average molecular weight is 394 g/mol. The maximum atomic E-state index is 12.7. The van der Waals surface area contributed by atoms with Crippen molar-refractivity contribution in [1.29, 1.82) is 0 Å². The van der Waals surface area contributed by atoms with Crippen LogP contribution in [0.1, 0.15) is 56.8 Å². The topological polar surface area (TPSA) is 87.7 Å². The molecule has 2 atom stereocenters. The van der Waals surface area contributed by atoms with E-state index in [-0.39, 0.29) is 48.8 Å². The van der Waals surface area contributed by atoms with Crippen molar-refractivity contribution < 1.29 is 19.1 Å². The van der Waals surface area contributed by atoms with Gasteiger partial charge in [0.2, 0.25) is 0 Å². The number of carbonyl (C=O) groups is 3. The number of carbonyl (C=O) groups excluding carboxylic acids is 3. The molecule has 4 rings (SSSR count). The summed E-state index contributed by atoms with van der Waals surface area (Å²) < 4.78 is 5.54. The van der Waals surface area contributed by atoms with Gasteiger partial charge in [0.15, 0.2) is 0 Å². The van der Waals surface area contributed by atoms with Crippen LogP contribution in [-0.2, 0) is 4.74 Å². The van der Waals surface area contributed by atoms with Crippen molar-refractivity contribution in [3.05, 3.63) is 34.9 Å². The summed E-state index contributed by atoms with van der Waals surface area (Å²) in [4.78, 5) is 38.9. The van der Waals surface area contributed by atoms with Crippen LogP contribution in [0.5, 0.6) is 0 Å². The van der Waals surface area contributed by atoms with Gasteiger partial charge in [-0.05, 0) is 50.4 Å². The molecule has 0 bridgehead atoms. The van der Waals surface area contributed by atoms with Gasteiger partial charge in [0.25, 0.3) is 17.7 Å². The van der Waals surface area contributed by atoms with Gasteiger partial charge in [-0.3, -0.25) is 19.3 Å². The Morgan fingerprint density at radius 3 is 2.70 bits per heavy atom. The predicted molar refractivity (Wildman–Crippen MR) is 101 cm³/mol. The Labute approximate surface area is 164 Å². The number of halogens is 1. The van der Waals surface area contributed by atoms with E-state index in [9.17, 15) is 14.4 Å². The van der Waals surface area contributed by atoms with E-state index in [1.165, 1.54) is 11.0 Å². The van der Waals surface area contributed by atoms with E-state index in [0.717, 1.165) is 38.8 Å². The Morgan fingerprint density at radius 2 is 2.00 bits per heavy atom. The predicted octanol–water partition coefficient (Wildman–Crippen LogP) is 1.37. The van der Waals surface area contributed by atoms with E-state index in [1.807, 2.05) is 0 Å². The number of imide groups is 1. The lowest BCUT2D eigenvalue weighted by molar-refractivity contribution is 0.0475. The highest BCUT2D eigenvalue weighted by molar-refractivity contribution is 6.22. The first-order valence-electron chi connectivity index (χ1n) is 9.27. The first-order chi connectivity index (χ1) is 12.6. The zero-order valence-electron chi connectivity index (χ0n) is 15.0. The molecule has 2 N–H and O–H groups in total. The van der Waals surface area contributed by atoms with Gasteiger partial charge < -0.3 is 15.4 Å². The molecule has 2 saturated heterocycles. The summed E-state index contributed by atoms with van der Waals surface area (Å²) in [7, 11) is 0. The summed E-state index contributed by atoms with van der Waals surface area (Å²) >= 11 is 0. The lowest BCUT2D eigenvalue weighted by Gasteiger charge is -2.23. The molecule has 0 aromatic heterocycles. The largest absolute Gasteiger partial charge is 0.376 e. The van der Waals surface area contributed by atoms with Crippen LogP contribution in [0.2, 0.25) is 0 Å². The van der Waals surface area contributed by atoms with E-state index in [2.05, 4.69) is 10.6 Å². The molecule has 2 unspecified atom stereocenters. The van der Waals surface area contributed by atoms with Crippen molar-refractivity contribution in [2.45, 2.75) is 37.8 Å². The fourth-order valence-electron chi connectivity index (χ4n) is 3.83. The molecule has 3 amide bonds. The Kier molecular flexibility index (Phi) is 6.14.